The van der Waals surface area contributed by atoms with Crippen molar-refractivity contribution < 1.29 is 4.74 Å². The van der Waals surface area contributed by atoms with Gasteiger partial charge in [0, 0.05) is 13.1 Å². The minimum absolute atomic E-state index is 0.127. The smallest absolute Gasteiger partial charge is 0.0743 e. The van der Waals surface area contributed by atoms with Gasteiger partial charge in [0.2, 0.25) is 0 Å². The van der Waals surface area contributed by atoms with Crippen LogP contribution in [0.4, 0.5) is 0 Å². The lowest BCUT2D eigenvalue weighted by molar-refractivity contribution is -0.0393. The molecule has 88 valence electrons. The van der Waals surface area contributed by atoms with E-state index in [1.807, 2.05) is 13.0 Å². The highest BCUT2D eigenvalue weighted by Gasteiger charge is 2.22. The summed E-state index contributed by atoms with van der Waals surface area (Å²) in [6, 6.07) is 10.5. The molecule has 2 rings (SSSR count). The molecule has 16 heavy (non-hydrogen) atoms. The number of hydrogen-bond acceptors (Lipinski definition) is 3. The summed E-state index contributed by atoms with van der Waals surface area (Å²) in [6.45, 7) is 4.71. The molecule has 0 spiro atoms. The Hall–Kier alpha value is -0.900. The zero-order chi connectivity index (χ0) is 11.4. The summed E-state index contributed by atoms with van der Waals surface area (Å²) in [7, 11) is 0. The SMILES string of the molecule is C[C@H](N)N1CCOC(Cc2ccccc2)C1. The molecule has 3 nitrogen and oxygen atoms in total. The third-order valence-electron chi connectivity index (χ3n) is 3.05. The topological polar surface area (TPSA) is 38.5 Å². The molecule has 1 heterocycles. The summed E-state index contributed by atoms with van der Waals surface area (Å²) in [6.07, 6.45) is 1.38. The summed E-state index contributed by atoms with van der Waals surface area (Å²) in [5, 5.41) is 0. The minimum atomic E-state index is 0.127. The zero-order valence-corrected chi connectivity index (χ0v) is 9.80. The molecule has 2 atom stereocenters. The monoisotopic (exact) mass is 220 g/mol. The van der Waals surface area contributed by atoms with Gasteiger partial charge in [-0.05, 0) is 18.9 Å². The Bertz CT molecular complexity index is 313. The highest BCUT2D eigenvalue weighted by atomic mass is 16.5. The van der Waals surface area contributed by atoms with Crippen molar-refractivity contribution in [1.29, 1.82) is 0 Å². The first-order valence-electron chi connectivity index (χ1n) is 5.91. The molecule has 2 N–H and O–H groups in total. The van der Waals surface area contributed by atoms with Crippen molar-refractivity contribution in [2.75, 3.05) is 19.7 Å². The first-order valence-corrected chi connectivity index (χ1v) is 5.91. The molecule has 1 aliphatic rings. The summed E-state index contributed by atoms with van der Waals surface area (Å²) < 4.78 is 5.77. The fourth-order valence-corrected chi connectivity index (χ4v) is 2.11. The van der Waals surface area contributed by atoms with Crippen LogP contribution in [0.1, 0.15) is 12.5 Å². The Morgan fingerprint density at radius 2 is 2.19 bits per heavy atom. The highest BCUT2D eigenvalue weighted by Crippen LogP contribution is 2.12. The van der Waals surface area contributed by atoms with Gasteiger partial charge in [-0.25, -0.2) is 0 Å². The minimum Gasteiger partial charge on any atom is -0.375 e. The Morgan fingerprint density at radius 3 is 2.88 bits per heavy atom. The van der Waals surface area contributed by atoms with Gasteiger partial charge in [0.1, 0.15) is 0 Å². The fourth-order valence-electron chi connectivity index (χ4n) is 2.11. The lowest BCUT2D eigenvalue weighted by Gasteiger charge is -2.35. The second kappa shape index (κ2) is 5.43. The van der Waals surface area contributed by atoms with Crippen LogP contribution in [-0.2, 0) is 11.2 Å². The summed E-state index contributed by atoms with van der Waals surface area (Å²) in [4.78, 5) is 2.27. The molecule has 3 heteroatoms. The van der Waals surface area contributed by atoms with E-state index in [0.717, 1.165) is 26.1 Å². The number of benzene rings is 1. The Labute approximate surface area is 97.2 Å². The average molecular weight is 220 g/mol. The molecule has 0 aromatic heterocycles. The van der Waals surface area contributed by atoms with Crippen molar-refractivity contribution in [1.82, 2.24) is 4.90 Å². The van der Waals surface area contributed by atoms with Crippen LogP contribution in [0.5, 0.6) is 0 Å². The number of nitrogens with zero attached hydrogens (tertiary/aromatic N) is 1. The Balaban J connectivity index is 1.90. The first kappa shape index (κ1) is 11.6. The van der Waals surface area contributed by atoms with Crippen LogP contribution in [0, 0.1) is 0 Å². The van der Waals surface area contributed by atoms with Crippen LogP contribution in [0.15, 0.2) is 30.3 Å². The number of ether oxygens (including phenoxy) is 1. The summed E-state index contributed by atoms with van der Waals surface area (Å²) in [5.74, 6) is 0. The van der Waals surface area contributed by atoms with Crippen LogP contribution in [0.25, 0.3) is 0 Å². The second-order valence-corrected chi connectivity index (χ2v) is 4.42. The molecule has 1 aromatic carbocycles. The molecule has 1 fully saturated rings. The van der Waals surface area contributed by atoms with E-state index in [-0.39, 0.29) is 12.3 Å². The molecule has 1 saturated heterocycles. The molecule has 0 amide bonds. The molecule has 0 aliphatic carbocycles. The van der Waals surface area contributed by atoms with Crippen molar-refractivity contribution in [3.05, 3.63) is 35.9 Å². The lowest BCUT2D eigenvalue weighted by Crippen LogP contribution is -2.50. The van der Waals surface area contributed by atoms with E-state index in [2.05, 4.69) is 29.2 Å². The van der Waals surface area contributed by atoms with Gasteiger partial charge < -0.3 is 10.5 Å². The standard InChI is InChI=1S/C13H20N2O/c1-11(14)15-7-8-16-13(10-15)9-12-5-3-2-4-6-12/h2-6,11,13H,7-10,14H2,1H3/t11-,13?/m1/s1. The molecule has 0 bridgehead atoms. The van der Waals surface area contributed by atoms with Crippen molar-refractivity contribution in [3.8, 4) is 0 Å². The van der Waals surface area contributed by atoms with Crippen molar-refractivity contribution in [2.24, 2.45) is 5.73 Å². The van der Waals surface area contributed by atoms with Gasteiger partial charge in [0.25, 0.3) is 0 Å². The quantitative estimate of drug-likeness (QED) is 0.833. The van der Waals surface area contributed by atoms with Crippen LogP contribution < -0.4 is 5.73 Å². The van der Waals surface area contributed by atoms with Gasteiger partial charge in [0.05, 0.1) is 18.9 Å². The maximum Gasteiger partial charge on any atom is 0.0743 e. The number of morpholine rings is 1. The van der Waals surface area contributed by atoms with Crippen molar-refractivity contribution >= 4 is 0 Å². The molecule has 1 aliphatic heterocycles. The molecular weight excluding hydrogens is 200 g/mol. The maximum absolute atomic E-state index is 5.89. The summed E-state index contributed by atoms with van der Waals surface area (Å²) in [5.41, 5.74) is 7.23. The van der Waals surface area contributed by atoms with Gasteiger partial charge in [-0.1, -0.05) is 30.3 Å². The normalized spacial score (nSPS) is 24.2. The van der Waals surface area contributed by atoms with E-state index in [1.165, 1.54) is 5.56 Å². The second-order valence-electron chi connectivity index (χ2n) is 4.42. The Morgan fingerprint density at radius 1 is 1.44 bits per heavy atom. The maximum atomic E-state index is 5.89. The van der Waals surface area contributed by atoms with E-state index in [0.29, 0.717) is 0 Å². The van der Waals surface area contributed by atoms with E-state index in [9.17, 15) is 0 Å². The predicted molar refractivity (Wildman–Crippen MR) is 65.1 cm³/mol. The molecular formula is C13H20N2O. The third kappa shape index (κ3) is 3.04. The largest absolute Gasteiger partial charge is 0.375 e. The fraction of sp³-hybridized carbons (Fsp3) is 0.538. The van der Waals surface area contributed by atoms with Crippen LogP contribution in [0.2, 0.25) is 0 Å². The van der Waals surface area contributed by atoms with E-state index in [1.54, 1.807) is 0 Å². The van der Waals surface area contributed by atoms with Crippen LogP contribution >= 0.6 is 0 Å². The van der Waals surface area contributed by atoms with E-state index >= 15 is 0 Å². The van der Waals surface area contributed by atoms with E-state index < -0.39 is 0 Å². The van der Waals surface area contributed by atoms with Gasteiger partial charge in [-0.2, -0.15) is 0 Å². The molecule has 1 unspecified atom stereocenters. The molecule has 0 saturated carbocycles. The lowest BCUT2D eigenvalue weighted by atomic mass is 10.1. The number of rotatable bonds is 3. The first-order chi connectivity index (χ1) is 7.75. The van der Waals surface area contributed by atoms with E-state index in [4.69, 9.17) is 10.5 Å². The van der Waals surface area contributed by atoms with Gasteiger partial charge >= 0.3 is 0 Å². The Kier molecular flexibility index (Phi) is 3.93. The van der Waals surface area contributed by atoms with Crippen LogP contribution in [-0.4, -0.2) is 36.9 Å². The molecule has 0 radical (unpaired) electrons. The van der Waals surface area contributed by atoms with Crippen LogP contribution in [0.3, 0.4) is 0 Å². The van der Waals surface area contributed by atoms with Crippen molar-refractivity contribution in [3.63, 3.8) is 0 Å². The summed E-state index contributed by atoms with van der Waals surface area (Å²) >= 11 is 0. The molecule has 1 aromatic rings. The average Bonchev–Trinajstić information content (AvgIpc) is 2.30. The van der Waals surface area contributed by atoms with Gasteiger partial charge in [0.15, 0.2) is 0 Å². The number of nitrogens with two attached hydrogens (primary N) is 1. The highest BCUT2D eigenvalue weighted by molar-refractivity contribution is 5.15. The zero-order valence-electron chi connectivity index (χ0n) is 9.80. The van der Waals surface area contributed by atoms with Gasteiger partial charge in [-0.3, -0.25) is 4.90 Å². The third-order valence-corrected chi connectivity index (χ3v) is 3.05. The number of hydrogen-bond donors (Lipinski definition) is 1. The van der Waals surface area contributed by atoms with Crippen molar-refractivity contribution in [2.45, 2.75) is 25.6 Å². The van der Waals surface area contributed by atoms with Gasteiger partial charge in [-0.15, -0.1) is 0 Å². The predicted octanol–water partition coefficient (Wildman–Crippen LogP) is 1.23.